The summed E-state index contributed by atoms with van der Waals surface area (Å²) in [7, 11) is 0. The van der Waals surface area contributed by atoms with Crippen molar-refractivity contribution in [3.05, 3.63) is 61.2 Å². The second-order valence-electron chi connectivity index (χ2n) is 7.44. The molecule has 146 valence electrons. The van der Waals surface area contributed by atoms with Gasteiger partial charge in [0, 0.05) is 23.5 Å². The van der Waals surface area contributed by atoms with Gasteiger partial charge in [0.2, 0.25) is 0 Å². The number of ether oxygens (including phenoxy) is 1. The van der Waals surface area contributed by atoms with Gasteiger partial charge in [-0.25, -0.2) is 4.98 Å². The molecule has 4 rings (SSSR count). The molecule has 1 aromatic carbocycles. The van der Waals surface area contributed by atoms with E-state index in [0.717, 1.165) is 35.4 Å². The Morgan fingerprint density at radius 1 is 1.00 bits per heavy atom. The molecular formula is C23H27N3O2. The fourth-order valence-corrected chi connectivity index (χ4v) is 3.90. The summed E-state index contributed by atoms with van der Waals surface area (Å²) in [6, 6.07) is 14.1. The van der Waals surface area contributed by atoms with Gasteiger partial charge in [-0.2, -0.15) is 0 Å². The number of nitrogens with zero attached hydrogens (tertiary/aromatic N) is 3. The van der Waals surface area contributed by atoms with Gasteiger partial charge < -0.3 is 14.4 Å². The zero-order valence-electron chi connectivity index (χ0n) is 16.1. The first-order valence-corrected chi connectivity index (χ1v) is 10.1. The van der Waals surface area contributed by atoms with Crippen molar-refractivity contribution in [2.75, 3.05) is 6.61 Å². The lowest BCUT2D eigenvalue weighted by molar-refractivity contribution is -0.0282. The van der Waals surface area contributed by atoms with E-state index in [4.69, 9.17) is 4.74 Å². The van der Waals surface area contributed by atoms with Crippen LogP contribution in [0.4, 0.5) is 0 Å². The second kappa shape index (κ2) is 9.13. The summed E-state index contributed by atoms with van der Waals surface area (Å²) in [6.07, 6.45) is 11.1. The van der Waals surface area contributed by atoms with E-state index in [0.29, 0.717) is 19.3 Å². The summed E-state index contributed by atoms with van der Waals surface area (Å²) in [4.78, 5) is 8.79. The number of pyridine rings is 1. The van der Waals surface area contributed by atoms with Gasteiger partial charge in [0.1, 0.15) is 0 Å². The van der Waals surface area contributed by atoms with Crippen LogP contribution in [0.1, 0.15) is 32.1 Å². The fourth-order valence-electron chi connectivity index (χ4n) is 3.90. The van der Waals surface area contributed by atoms with E-state index in [-0.39, 0.29) is 0 Å². The summed E-state index contributed by atoms with van der Waals surface area (Å²) in [5, 5.41) is 10.6. The van der Waals surface area contributed by atoms with E-state index in [2.05, 4.69) is 22.1 Å². The highest BCUT2D eigenvalue weighted by atomic mass is 16.5. The number of aromatic nitrogens is 3. The molecule has 0 spiro atoms. The Morgan fingerprint density at radius 2 is 1.75 bits per heavy atom. The Morgan fingerprint density at radius 3 is 2.50 bits per heavy atom. The first-order valence-electron chi connectivity index (χ1n) is 10.1. The van der Waals surface area contributed by atoms with Crippen LogP contribution in [0.2, 0.25) is 0 Å². The maximum absolute atomic E-state index is 10.6. The number of hydrogen-bond acceptors (Lipinski definition) is 4. The maximum atomic E-state index is 10.6. The van der Waals surface area contributed by atoms with E-state index in [1.807, 2.05) is 41.2 Å². The molecule has 0 saturated heterocycles. The van der Waals surface area contributed by atoms with Gasteiger partial charge in [-0.1, -0.05) is 49.6 Å². The quantitative estimate of drug-likeness (QED) is 0.666. The SMILES string of the molecule is OC(COC1CCCCC1)Cn1cnc(-c2ccccc2)c1-c1ccncc1. The molecular weight excluding hydrogens is 350 g/mol. The van der Waals surface area contributed by atoms with Crippen molar-refractivity contribution in [1.29, 1.82) is 0 Å². The third kappa shape index (κ3) is 4.49. The lowest BCUT2D eigenvalue weighted by atomic mass is 9.98. The molecule has 5 nitrogen and oxygen atoms in total. The summed E-state index contributed by atoms with van der Waals surface area (Å²) >= 11 is 0. The average Bonchev–Trinajstić information content (AvgIpc) is 3.17. The normalized spacial score (nSPS) is 16.2. The standard InChI is InChI=1S/C23H27N3O2/c27-20(16-28-21-9-5-2-6-10-21)15-26-17-25-22(18-7-3-1-4-8-18)23(26)19-11-13-24-14-12-19/h1,3-4,7-8,11-14,17,20-21,27H,2,5-6,9-10,15-16H2. The van der Waals surface area contributed by atoms with E-state index < -0.39 is 6.10 Å². The van der Waals surface area contributed by atoms with Crippen LogP contribution in [-0.4, -0.2) is 38.5 Å². The molecule has 0 radical (unpaired) electrons. The van der Waals surface area contributed by atoms with Crippen LogP contribution in [0, 0.1) is 0 Å². The van der Waals surface area contributed by atoms with E-state index in [9.17, 15) is 5.11 Å². The average molecular weight is 377 g/mol. The van der Waals surface area contributed by atoms with Gasteiger partial charge in [0.05, 0.1) is 43.1 Å². The molecule has 0 amide bonds. The van der Waals surface area contributed by atoms with Gasteiger partial charge in [-0.05, 0) is 25.0 Å². The lowest BCUT2D eigenvalue weighted by Gasteiger charge is -2.23. The lowest BCUT2D eigenvalue weighted by Crippen LogP contribution is -2.26. The van der Waals surface area contributed by atoms with Crippen LogP contribution < -0.4 is 0 Å². The van der Waals surface area contributed by atoms with Crippen molar-refractivity contribution < 1.29 is 9.84 Å². The van der Waals surface area contributed by atoms with E-state index >= 15 is 0 Å². The number of rotatable bonds is 7. The molecule has 0 aliphatic heterocycles. The monoisotopic (exact) mass is 377 g/mol. The zero-order valence-corrected chi connectivity index (χ0v) is 16.1. The van der Waals surface area contributed by atoms with Crippen molar-refractivity contribution in [3.8, 4) is 22.5 Å². The highest BCUT2D eigenvalue weighted by Crippen LogP contribution is 2.31. The third-order valence-electron chi connectivity index (χ3n) is 5.32. The molecule has 1 atom stereocenters. The minimum atomic E-state index is -0.569. The van der Waals surface area contributed by atoms with Crippen molar-refractivity contribution in [3.63, 3.8) is 0 Å². The van der Waals surface area contributed by atoms with Gasteiger partial charge in [-0.3, -0.25) is 4.98 Å². The first-order chi connectivity index (χ1) is 13.8. The van der Waals surface area contributed by atoms with Crippen molar-refractivity contribution in [2.24, 2.45) is 0 Å². The van der Waals surface area contributed by atoms with Crippen LogP contribution >= 0.6 is 0 Å². The van der Waals surface area contributed by atoms with Crippen molar-refractivity contribution in [2.45, 2.75) is 50.9 Å². The Hall–Kier alpha value is -2.50. The molecule has 1 unspecified atom stereocenters. The predicted molar refractivity (Wildman–Crippen MR) is 110 cm³/mol. The van der Waals surface area contributed by atoms with E-state index in [1.54, 1.807) is 12.4 Å². The van der Waals surface area contributed by atoms with Gasteiger partial charge in [0.15, 0.2) is 0 Å². The number of imidazole rings is 1. The molecule has 1 aliphatic rings. The van der Waals surface area contributed by atoms with Gasteiger partial charge >= 0.3 is 0 Å². The molecule has 3 aromatic rings. The number of aliphatic hydroxyl groups is 1. The van der Waals surface area contributed by atoms with Crippen molar-refractivity contribution >= 4 is 0 Å². The Kier molecular flexibility index (Phi) is 6.14. The van der Waals surface area contributed by atoms with Crippen LogP contribution in [0.3, 0.4) is 0 Å². The summed E-state index contributed by atoms with van der Waals surface area (Å²) in [5.41, 5.74) is 3.99. The van der Waals surface area contributed by atoms with Crippen LogP contribution in [0.25, 0.3) is 22.5 Å². The number of hydrogen-bond donors (Lipinski definition) is 1. The minimum absolute atomic E-state index is 0.297. The molecule has 1 aliphatic carbocycles. The van der Waals surface area contributed by atoms with Crippen LogP contribution in [0.5, 0.6) is 0 Å². The Labute approximate surface area is 166 Å². The Bertz CT molecular complexity index is 858. The fraction of sp³-hybridized carbons (Fsp3) is 0.391. The maximum Gasteiger partial charge on any atom is 0.0963 e. The highest BCUT2D eigenvalue weighted by molar-refractivity contribution is 5.78. The molecule has 1 N–H and O–H groups in total. The second-order valence-corrected chi connectivity index (χ2v) is 7.44. The van der Waals surface area contributed by atoms with Gasteiger partial charge in [0.25, 0.3) is 0 Å². The number of benzene rings is 1. The summed E-state index contributed by atoms with van der Waals surface area (Å²) < 4.78 is 7.98. The summed E-state index contributed by atoms with van der Waals surface area (Å²) in [6.45, 7) is 0.809. The highest BCUT2D eigenvalue weighted by Gasteiger charge is 2.19. The topological polar surface area (TPSA) is 60.2 Å². The predicted octanol–water partition coefficient (Wildman–Crippen LogP) is 4.32. The molecule has 1 fully saturated rings. The minimum Gasteiger partial charge on any atom is -0.389 e. The molecule has 2 heterocycles. The van der Waals surface area contributed by atoms with Gasteiger partial charge in [-0.15, -0.1) is 0 Å². The molecule has 2 aromatic heterocycles. The van der Waals surface area contributed by atoms with E-state index in [1.165, 1.54) is 19.3 Å². The molecule has 5 heteroatoms. The smallest absolute Gasteiger partial charge is 0.0963 e. The number of aliphatic hydroxyl groups excluding tert-OH is 1. The molecule has 28 heavy (non-hydrogen) atoms. The molecule has 1 saturated carbocycles. The summed E-state index contributed by atoms with van der Waals surface area (Å²) in [5.74, 6) is 0. The van der Waals surface area contributed by atoms with Crippen molar-refractivity contribution in [1.82, 2.24) is 14.5 Å². The zero-order chi connectivity index (χ0) is 19.2. The third-order valence-corrected chi connectivity index (χ3v) is 5.32. The Balaban J connectivity index is 1.54. The van der Waals surface area contributed by atoms with Crippen LogP contribution in [-0.2, 0) is 11.3 Å². The first kappa shape index (κ1) is 18.8. The molecule has 0 bridgehead atoms. The largest absolute Gasteiger partial charge is 0.389 e. The van der Waals surface area contributed by atoms with Crippen LogP contribution in [0.15, 0.2) is 61.2 Å².